The molecule has 0 unspecified atom stereocenters. The number of rotatable bonds is 1. The van der Waals surface area contributed by atoms with E-state index in [9.17, 15) is 0 Å². The summed E-state index contributed by atoms with van der Waals surface area (Å²) >= 11 is 5.10. The second-order valence-corrected chi connectivity index (χ2v) is 0.799. The number of halogens is 1. The number of hydrogen-bond acceptors (Lipinski definition) is 1. The molecule has 0 spiro atoms. The van der Waals surface area contributed by atoms with Crippen molar-refractivity contribution >= 4 is 17.8 Å². The fraction of sp³-hybridized carbons (Fsp3) is 0.667. The molecule has 2 heteroatoms. The average molecular weight is 91.5 g/mol. The van der Waals surface area contributed by atoms with Gasteiger partial charge in [0.2, 0.25) is 0 Å². The zero-order valence-corrected chi connectivity index (χ0v) is 3.87. The minimum atomic E-state index is 0.385. The Labute approximate surface area is 36.7 Å². The van der Waals surface area contributed by atoms with Crippen molar-refractivity contribution in [1.82, 2.24) is 0 Å². The van der Waals surface area contributed by atoms with E-state index in [0.29, 0.717) is 6.00 Å². The van der Waals surface area contributed by atoms with Crippen molar-refractivity contribution in [1.29, 1.82) is 0 Å². The zero-order chi connectivity index (χ0) is 4.12. The van der Waals surface area contributed by atoms with Crippen LogP contribution < -0.4 is 0 Å². The average Bonchev–Trinajstić information content (AvgIpc) is 1.41. The Hall–Kier alpha value is -0.0400. The molecule has 0 saturated heterocycles. The summed E-state index contributed by atoms with van der Waals surface area (Å²) < 4.78 is 0. The molecule has 0 aromatic rings. The van der Waals surface area contributed by atoms with Crippen molar-refractivity contribution in [2.24, 2.45) is 4.99 Å². The lowest BCUT2D eigenvalue weighted by Gasteiger charge is -1.65. The Balaban J connectivity index is 2.62. The summed E-state index contributed by atoms with van der Waals surface area (Å²) in [4.78, 5) is 3.61. The summed E-state index contributed by atoms with van der Waals surface area (Å²) in [5.74, 6) is 0. The topological polar surface area (TPSA) is 12.4 Å². The van der Waals surface area contributed by atoms with Gasteiger partial charge in [0.25, 0.3) is 0 Å². The summed E-state index contributed by atoms with van der Waals surface area (Å²) in [5.41, 5.74) is 0. The van der Waals surface area contributed by atoms with Crippen LogP contribution >= 0.6 is 11.6 Å². The molecule has 0 aliphatic carbocycles. The summed E-state index contributed by atoms with van der Waals surface area (Å²) in [7, 11) is 0. The Morgan fingerprint density at radius 1 is 2.00 bits per heavy atom. The smallest absolute Gasteiger partial charge is 0.112 e. The van der Waals surface area contributed by atoms with E-state index < -0.39 is 0 Å². The molecule has 5 heavy (non-hydrogen) atoms. The lowest BCUT2D eigenvalue weighted by atomic mass is 10.9. The molecule has 0 fully saturated rings. The van der Waals surface area contributed by atoms with Gasteiger partial charge in [-0.05, 0) is 13.1 Å². The Bertz CT molecular complexity index is 33.9. The van der Waals surface area contributed by atoms with Gasteiger partial charge in [-0.3, -0.25) is 4.99 Å². The molecule has 0 saturated carbocycles. The molecule has 0 radical (unpaired) electrons. The maximum absolute atomic E-state index is 5.10. The SMILES string of the molecule is CC=NCCl. The highest BCUT2D eigenvalue weighted by Gasteiger charge is 1.53. The minimum absolute atomic E-state index is 0.385. The van der Waals surface area contributed by atoms with Crippen molar-refractivity contribution in [3.8, 4) is 0 Å². The molecule has 0 bridgehead atoms. The Morgan fingerprint density at radius 3 is 2.60 bits per heavy atom. The first-order valence-electron chi connectivity index (χ1n) is 1.42. The lowest BCUT2D eigenvalue weighted by Crippen LogP contribution is -1.58. The van der Waals surface area contributed by atoms with Gasteiger partial charge in [-0.2, -0.15) is 0 Å². The summed E-state index contributed by atoms with van der Waals surface area (Å²) in [5, 5.41) is 0. The highest BCUT2D eigenvalue weighted by molar-refractivity contribution is 6.18. The van der Waals surface area contributed by atoms with Crippen LogP contribution in [0.5, 0.6) is 0 Å². The van der Waals surface area contributed by atoms with Crippen LogP contribution in [0.25, 0.3) is 0 Å². The van der Waals surface area contributed by atoms with Crippen LogP contribution in [-0.4, -0.2) is 12.2 Å². The van der Waals surface area contributed by atoms with E-state index in [-0.39, 0.29) is 0 Å². The van der Waals surface area contributed by atoms with E-state index in [2.05, 4.69) is 4.99 Å². The molecule has 0 heterocycles. The molecule has 0 aromatic carbocycles. The molecule has 0 aromatic heterocycles. The van der Waals surface area contributed by atoms with E-state index in [1.54, 1.807) is 6.21 Å². The first-order chi connectivity index (χ1) is 2.41. The van der Waals surface area contributed by atoms with E-state index >= 15 is 0 Å². The number of aliphatic imine (C=N–C) groups is 1. The molecule has 0 rings (SSSR count). The molecule has 0 amide bonds. The van der Waals surface area contributed by atoms with Crippen LogP contribution in [0.1, 0.15) is 6.92 Å². The molecular weight excluding hydrogens is 85.5 g/mol. The van der Waals surface area contributed by atoms with Gasteiger partial charge < -0.3 is 0 Å². The fourth-order valence-electron chi connectivity index (χ4n) is 0.0690. The van der Waals surface area contributed by atoms with Gasteiger partial charge in [0.1, 0.15) is 6.00 Å². The maximum atomic E-state index is 5.10. The third kappa shape index (κ3) is 3.96. The highest BCUT2D eigenvalue weighted by Crippen LogP contribution is 1.69. The number of nitrogens with zero attached hydrogens (tertiary/aromatic N) is 1. The lowest BCUT2D eigenvalue weighted by molar-refractivity contribution is 1.38. The monoisotopic (exact) mass is 91.0 g/mol. The summed E-state index contributed by atoms with van der Waals surface area (Å²) in [6, 6.07) is 0.385. The van der Waals surface area contributed by atoms with Crippen molar-refractivity contribution in [2.45, 2.75) is 6.92 Å². The van der Waals surface area contributed by atoms with Crippen molar-refractivity contribution in [3.05, 3.63) is 0 Å². The Morgan fingerprint density at radius 2 is 2.60 bits per heavy atom. The van der Waals surface area contributed by atoms with Crippen molar-refractivity contribution in [3.63, 3.8) is 0 Å². The van der Waals surface area contributed by atoms with Gasteiger partial charge in [-0.15, -0.1) is 11.6 Å². The Kier molecular flexibility index (Phi) is 3.93. The van der Waals surface area contributed by atoms with Gasteiger partial charge in [0.15, 0.2) is 0 Å². The quantitative estimate of drug-likeness (QED) is 0.262. The van der Waals surface area contributed by atoms with Gasteiger partial charge in [0, 0.05) is 0 Å². The first-order valence-corrected chi connectivity index (χ1v) is 1.95. The minimum Gasteiger partial charge on any atom is -0.282 e. The molecule has 0 N–H and O–H groups in total. The second kappa shape index (κ2) is 3.96. The third-order valence-electron chi connectivity index (χ3n) is 0.252. The van der Waals surface area contributed by atoms with Gasteiger partial charge >= 0.3 is 0 Å². The molecular formula is C3H6ClN. The highest BCUT2D eigenvalue weighted by atomic mass is 35.5. The summed E-state index contributed by atoms with van der Waals surface area (Å²) in [6.07, 6.45) is 1.67. The fourth-order valence-corrected chi connectivity index (χ4v) is 0.207. The largest absolute Gasteiger partial charge is 0.282 e. The first kappa shape index (κ1) is 4.96. The predicted molar refractivity (Wildman–Crippen MR) is 24.9 cm³/mol. The standard InChI is InChI=1S/C3H6ClN/c1-2-5-3-4/h2H,3H2,1H3. The number of alkyl halides is 1. The van der Waals surface area contributed by atoms with Crippen LogP contribution in [0.4, 0.5) is 0 Å². The predicted octanol–water partition coefficient (Wildman–Crippen LogP) is 1.27. The molecule has 0 aliphatic rings. The molecule has 0 aliphatic heterocycles. The van der Waals surface area contributed by atoms with Crippen LogP contribution in [0.2, 0.25) is 0 Å². The normalized spacial score (nSPS) is 10.0. The third-order valence-corrected chi connectivity index (χ3v) is 0.390. The van der Waals surface area contributed by atoms with Crippen molar-refractivity contribution in [2.75, 3.05) is 6.00 Å². The van der Waals surface area contributed by atoms with E-state index in [1.807, 2.05) is 6.92 Å². The zero-order valence-electron chi connectivity index (χ0n) is 3.11. The second-order valence-electron chi connectivity index (χ2n) is 0.560. The number of hydrogen-bond donors (Lipinski definition) is 0. The molecule has 1 nitrogen and oxygen atoms in total. The van der Waals surface area contributed by atoms with Crippen LogP contribution in [-0.2, 0) is 0 Å². The van der Waals surface area contributed by atoms with Crippen molar-refractivity contribution < 1.29 is 0 Å². The van der Waals surface area contributed by atoms with Gasteiger partial charge in [-0.1, -0.05) is 0 Å². The van der Waals surface area contributed by atoms with Crippen LogP contribution in [0.3, 0.4) is 0 Å². The summed E-state index contributed by atoms with van der Waals surface area (Å²) in [6.45, 7) is 1.84. The maximum Gasteiger partial charge on any atom is 0.112 e. The van der Waals surface area contributed by atoms with Crippen LogP contribution in [0.15, 0.2) is 4.99 Å². The van der Waals surface area contributed by atoms with E-state index in [1.165, 1.54) is 0 Å². The van der Waals surface area contributed by atoms with E-state index in [4.69, 9.17) is 11.6 Å². The van der Waals surface area contributed by atoms with E-state index in [0.717, 1.165) is 0 Å². The molecule has 0 atom stereocenters. The van der Waals surface area contributed by atoms with Gasteiger partial charge in [-0.25, -0.2) is 0 Å². The van der Waals surface area contributed by atoms with Crippen LogP contribution in [0, 0.1) is 0 Å². The van der Waals surface area contributed by atoms with Gasteiger partial charge in [0.05, 0.1) is 0 Å². The molecule has 30 valence electrons.